The Balaban J connectivity index is 0. The highest BCUT2D eigenvalue weighted by Crippen LogP contribution is 2.28. The van der Waals surface area contributed by atoms with Crippen molar-refractivity contribution in [2.75, 3.05) is 0 Å². The van der Waals surface area contributed by atoms with E-state index in [9.17, 15) is 0 Å². The van der Waals surface area contributed by atoms with Gasteiger partial charge in [0.1, 0.15) is 0 Å². The molecule has 0 unspecified atom stereocenters. The largest absolute Gasteiger partial charge is 0.0959 e. The van der Waals surface area contributed by atoms with E-state index in [1.54, 1.807) is 5.57 Å². The number of hydrogen-bond donors (Lipinski definition) is 0. The molecule has 0 aromatic carbocycles. The lowest BCUT2D eigenvalue weighted by Gasteiger charge is -2.03. The molecule has 0 nitrogen and oxygen atoms in total. The molecule has 0 amide bonds. The molecule has 1 rings (SSSR count). The molecule has 84 valence electrons. The average molecular weight is 196 g/mol. The molecule has 0 atom stereocenters. The maximum Gasteiger partial charge on any atom is -0.0314 e. The fourth-order valence-corrected chi connectivity index (χ4v) is 1.48. The molecule has 0 bridgehead atoms. The van der Waals surface area contributed by atoms with Gasteiger partial charge in [0.15, 0.2) is 0 Å². The van der Waals surface area contributed by atoms with Crippen LogP contribution in [0, 0.1) is 0 Å². The lowest BCUT2D eigenvalue weighted by molar-refractivity contribution is 0.886. The summed E-state index contributed by atoms with van der Waals surface area (Å²) in [7, 11) is 0. The van der Waals surface area contributed by atoms with E-state index >= 15 is 0 Å². The van der Waals surface area contributed by atoms with Gasteiger partial charge in [0.05, 0.1) is 0 Å². The van der Waals surface area contributed by atoms with E-state index in [0.717, 1.165) is 0 Å². The third-order valence-corrected chi connectivity index (χ3v) is 2.38. The van der Waals surface area contributed by atoms with Crippen LogP contribution in [-0.2, 0) is 0 Å². The Labute approximate surface area is 91.1 Å². The average Bonchev–Trinajstić information content (AvgIpc) is 2.75. The molecule has 1 aliphatic rings. The van der Waals surface area contributed by atoms with Crippen molar-refractivity contribution in [1.82, 2.24) is 0 Å². The molecule has 0 spiro atoms. The van der Waals surface area contributed by atoms with Crippen LogP contribution in [0.5, 0.6) is 0 Å². The van der Waals surface area contributed by atoms with E-state index in [0.29, 0.717) is 0 Å². The van der Waals surface area contributed by atoms with E-state index in [-0.39, 0.29) is 0 Å². The first-order valence-electron chi connectivity index (χ1n) is 6.06. The van der Waals surface area contributed by atoms with E-state index in [4.69, 9.17) is 0 Å². The van der Waals surface area contributed by atoms with Gasteiger partial charge in [-0.15, -0.1) is 0 Å². The van der Waals surface area contributed by atoms with Crippen LogP contribution in [-0.4, -0.2) is 0 Å². The minimum atomic E-state index is 1.25. The quantitative estimate of drug-likeness (QED) is 0.519. The second kappa shape index (κ2) is 10.6. The Kier molecular flexibility index (Phi) is 12.0. The molecule has 14 heavy (non-hydrogen) atoms. The first-order valence-corrected chi connectivity index (χ1v) is 6.06. The van der Waals surface area contributed by atoms with Crippen molar-refractivity contribution in [2.45, 2.75) is 67.2 Å². The topological polar surface area (TPSA) is 0 Å². The standard InChI is InChI=1S/C10H16.2C2H6/c1-8(2)9(3)10-6-4-5-7-10;2*1-2/h1,4-7H2,2-3H3;2*1-2H3. The highest BCUT2D eigenvalue weighted by atomic mass is 14.1. The van der Waals surface area contributed by atoms with Crippen molar-refractivity contribution in [3.63, 3.8) is 0 Å². The van der Waals surface area contributed by atoms with Crippen LogP contribution in [0.1, 0.15) is 67.2 Å². The molecule has 0 aliphatic heterocycles. The maximum atomic E-state index is 3.94. The van der Waals surface area contributed by atoms with Crippen molar-refractivity contribution < 1.29 is 0 Å². The summed E-state index contributed by atoms with van der Waals surface area (Å²) in [6, 6.07) is 0. The predicted molar refractivity (Wildman–Crippen MR) is 68.7 cm³/mol. The van der Waals surface area contributed by atoms with Crippen LogP contribution in [0.15, 0.2) is 23.3 Å². The lowest BCUT2D eigenvalue weighted by atomic mass is 10.0. The zero-order valence-electron chi connectivity index (χ0n) is 11.0. The Morgan fingerprint density at radius 3 is 1.57 bits per heavy atom. The summed E-state index contributed by atoms with van der Waals surface area (Å²) in [6.07, 6.45) is 5.41. The normalized spacial score (nSPS) is 13.4. The first kappa shape index (κ1) is 15.9. The summed E-state index contributed by atoms with van der Waals surface area (Å²) in [5, 5.41) is 0. The van der Waals surface area contributed by atoms with Gasteiger partial charge in [0, 0.05) is 0 Å². The molecular formula is C14H28. The van der Waals surface area contributed by atoms with Crippen LogP contribution in [0.25, 0.3) is 0 Å². The van der Waals surface area contributed by atoms with Gasteiger partial charge in [-0.1, -0.05) is 45.4 Å². The molecule has 0 heterocycles. The summed E-state index contributed by atoms with van der Waals surface area (Å²) in [4.78, 5) is 0. The molecule has 1 fully saturated rings. The molecule has 0 heteroatoms. The predicted octanol–water partition coefficient (Wildman–Crippen LogP) is 5.51. The third-order valence-electron chi connectivity index (χ3n) is 2.38. The van der Waals surface area contributed by atoms with E-state index in [1.165, 1.54) is 36.8 Å². The number of allylic oxidation sites excluding steroid dienone is 3. The second-order valence-electron chi connectivity index (χ2n) is 3.22. The molecule has 0 N–H and O–H groups in total. The van der Waals surface area contributed by atoms with Crippen molar-refractivity contribution in [3.05, 3.63) is 23.3 Å². The fraction of sp³-hybridized carbons (Fsp3) is 0.714. The van der Waals surface area contributed by atoms with Gasteiger partial charge in [0.2, 0.25) is 0 Å². The summed E-state index contributed by atoms with van der Waals surface area (Å²) in [5.74, 6) is 0. The van der Waals surface area contributed by atoms with Gasteiger partial charge in [0.25, 0.3) is 0 Å². The van der Waals surface area contributed by atoms with E-state index in [2.05, 4.69) is 20.4 Å². The minimum absolute atomic E-state index is 1.25. The molecule has 0 aromatic heterocycles. The maximum absolute atomic E-state index is 3.94. The summed E-state index contributed by atoms with van der Waals surface area (Å²) in [5.41, 5.74) is 4.35. The SMILES string of the molecule is C=C(C)C(C)=C1CCCC1.CC.CC. The smallest absolute Gasteiger partial charge is 0.0314 e. The van der Waals surface area contributed by atoms with Gasteiger partial charge in [-0.3, -0.25) is 0 Å². The summed E-state index contributed by atoms with van der Waals surface area (Å²) < 4.78 is 0. The van der Waals surface area contributed by atoms with Crippen LogP contribution in [0.2, 0.25) is 0 Å². The highest BCUT2D eigenvalue weighted by molar-refractivity contribution is 5.30. The van der Waals surface area contributed by atoms with E-state index < -0.39 is 0 Å². The molecule has 1 saturated carbocycles. The van der Waals surface area contributed by atoms with Gasteiger partial charge in [-0.05, 0) is 45.1 Å². The monoisotopic (exact) mass is 196 g/mol. The zero-order valence-corrected chi connectivity index (χ0v) is 11.0. The molecule has 1 aliphatic carbocycles. The molecular weight excluding hydrogens is 168 g/mol. The van der Waals surface area contributed by atoms with Crippen LogP contribution in [0.4, 0.5) is 0 Å². The second-order valence-corrected chi connectivity index (χ2v) is 3.22. The van der Waals surface area contributed by atoms with Crippen LogP contribution >= 0.6 is 0 Å². The van der Waals surface area contributed by atoms with Crippen molar-refractivity contribution >= 4 is 0 Å². The summed E-state index contributed by atoms with van der Waals surface area (Å²) >= 11 is 0. The van der Waals surface area contributed by atoms with Crippen LogP contribution in [0.3, 0.4) is 0 Å². The first-order chi connectivity index (χ1) is 6.72. The Hall–Kier alpha value is -0.520. The van der Waals surface area contributed by atoms with Crippen molar-refractivity contribution in [1.29, 1.82) is 0 Å². The van der Waals surface area contributed by atoms with Crippen LogP contribution < -0.4 is 0 Å². The number of hydrogen-bond acceptors (Lipinski definition) is 0. The van der Waals surface area contributed by atoms with Gasteiger partial charge in [-0.25, -0.2) is 0 Å². The van der Waals surface area contributed by atoms with Gasteiger partial charge >= 0.3 is 0 Å². The molecule has 0 radical (unpaired) electrons. The lowest BCUT2D eigenvalue weighted by Crippen LogP contribution is -1.83. The van der Waals surface area contributed by atoms with Gasteiger partial charge in [-0.2, -0.15) is 0 Å². The fourth-order valence-electron chi connectivity index (χ4n) is 1.48. The van der Waals surface area contributed by atoms with Crippen molar-refractivity contribution in [2.24, 2.45) is 0 Å². The Morgan fingerprint density at radius 1 is 0.929 bits per heavy atom. The summed E-state index contributed by atoms with van der Waals surface area (Å²) in [6.45, 7) is 16.2. The third kappa shape index (κ3) is 6.01. The molecule has 0 saturated heterocycles. The van der Waals surface area contributed by atoms with E-state index in [1.807, 2.05) is 27.7 Å². The number of rotatable bonds is 1. The minimum Gasteiger partial charge on any atom is -0.0959 e. The Morgan fingerprint density at radius 2 is 1.29 bits per heavy atom. The molecule has 0 aromatic rings. The van der Waals surface area contributed by atoms with Gasteiger partial charge < -0.3 is 0 Å². The zero-order chi connectivity index (χ0) is 11.6. The highest BCUT2D eigenvalue weighted by Gasteiger charge is 2.09. The Bertz CT molecular complexity index is 164. The van der Waals surface area contributed by atoms with Crippen molar-refractivity contribution in [3.8, 4) is 0 Å².